The van der Waals surface area contributed by atoms with Crippen LogP contribution in [0, 0.1) is 17.8 Å². The molecule has 0 saturated carbocycles. The van der Waals surface area contributed by atoms with E-state index in [0.29, 0.717) is 6.42 Å². The average molecular weight is 458 g/mol. The number of aliphatic carboxylic acids is 1. The maximum absolute atomic E-state index is 12.9. The molecule has 0 aliphatic heterocycles. The summed E-state index contributed by atoms with van der Waals surface area (Å²) in [5, 5.41) is 16.9. The van der Waals surface area contributed by atoms with Crippen molar-refractivity contribution in [3.8, 4) is 0 Å². The van der Waals surface area contributed by atoms with Gasteiger partial charge in [0.25, 0.3) is 0 Å². The van der Waals surface area contributed by atoms with E-state index in [-0.39, 0.29) is 30.6 Å². The van der Waals surface area contributed by atoms with E-state index in [1.54, 1.807) is 27.7 Å². The molecule has 0 aliphatic rings. The zero-order valence-electron chi connectivity index (χ0n) is 19.8. The molecule has 0 radical (unpaired) electrons. The Hall–Kier alpha value is -2.69. The van der Waals surface area contributed by atoms with E-state index in [2.05, 4.69) is 16.0 Å². The molecule has 11 nitrogen and oxygen atoms in total. The molecule has 4 atom stereocenters. The third-order valence-corrected chi connectivity index (χ3v) is 4.90. The van der Waals surface area contributed by atoms with Crippen molar-refractivity contribution in [2.75, 3.05) is 0 Å². The summed E-state index contributed by atoms with van der Waals surface area (Å²) >= 11 is 0. The van der Waals surface area contributed by atoms with Gasteiger partial charge in [-0.15, -0.1) is 0 Å². The molecule has 0 rings (SSSR count). The molecule has 184 valence electrons. The standard InChI is InChI=1S/C21H39N5O6/c1-10(2)9-14(25-19(29)16(23)11(3)4)18(28)26-17(12(5)6)20(30)24-13(21(31)32)7-8-15(22)27/h10-14,16-17H,7-9,23H2,1-6H3,(H2,22,27)(H,24,30)(H,25,29)(H,26,28)(H,31,32). The summed E-state index contributed by atoms with van der Waals surface area (Å²) in [5.74, 6) is -4.19. The van der Waals surface area contributed by atoms with Gasteiger partial charge in [-0.05, 0) is 30.6 Å². The highest BCUT2D eigenvalue weighted by molar-refractivity contribution is 5.94. The molecule has 0 saturated heterocycles. The van der Waals surface area contributed by atoms with Gasteiger partial charge in [-0.2, -0.15) is 0 Å². The Morgan fingerprint density at radius 1 is 0.781 bits per heavy atom. The first-order valence-corrected chi connectivity index (χ1v) is 10.8. The van der Waals surface area contributed by atoms with E-state index in [1.165, 1.54) is 0 Å². The van der Waals surface area contributed by atoms with Gasteiger partial charge in [-0.25, -0.2) is 4.79 Å². The van der Waals surface area contributed by atoms with Crippen LogP contribution in [-0.2, 0) is 24.0 Å². The topological polar surface area (TPSA) is 194 Å². The zero-order chi connectivity index (χ0) is 25.2. The number of carboxylic acid groups (broad SMARTS) is 1. The van der Waals surface area contributed by atoms with Gasteiger partial charge in [0.2, 0.25) is 23.6 Å². The second-order valence-corrected chi connectivity index (χ2v) is 9.10. The fraction of sp³-hybridized carbons (Fsp3) is 0.762. The number of rotatable bonds is 14. The van der Waals surface area contributed by atoms with Crippen molar-refractivity contribution in [2.45, 2.75) is 85.0 Å². The van der Waals surface area contributed by atoms with Crippen molar-refractivity contribution >= 4 is 29.6 Å². The smallest absolute Gasteiger partial charge is 0.326 e. The first kappa shape index (κ1) is 29.3. The summed E-state index contributed by atoms with van der Waals surface area (Å²) in [6, 6.07) is -4.08. The van der Waals surface area contributed by atoms with Gasteiger partial charge in [0.1, 0.15) is 18.1 Å². The highest BCUT2D eigenvalue weighted by atomic mass is 16.4. The molecule has 8 N–H and O–H groups in total. The Bertz CT molecular complexity index is 680. The van der Waals surface area contributed by atoms with Crippen LogP contribution in [0.15, 0.2) is 0 Å². The van der Waals surface area contributed by atoms with Crippen LogP contribution in [-0.4, -0.2) is 58.9 Å². The van der Waals surface area contributed by atoms with Crippen molar-refractivity contribution < 1.29 is 29.1 Å². The minimum atomic E-state index is -1.33. The zero-order valence-corrected chi connectivity index (χ0v) is 19.8. The Kier molecular flexibility index (Phi) is 12.5. The number of carbonyl (C=O) groups is 5. The number of primary amides is 1. The van der Waals surface area contributed by atoms with Gasteiger partial charge in [0.05, 0.1) is 6.04 Å². The molecule has 11 heteroatoms. The molecule has 32 heavy (non-hydrogen) atoms. The number of nitrogens with one attached hydrogen (secondary N) is 3. The first-order valence-electron chi connectivity index (χ1n) is 10.8. The Balaban J connectivity index is 5.43. The molecule has 0 aromatic rings. The van der Waals surface area contributed by atoms with Crippen molar-refractivity contribution in [3.63, 3.8) is 0 Å². The molecule has 0 heterocycles. The normalized spacial score (nSPS) is 15.1. The van der Waals surface area contributed by atoms with Crippen LogP contribution in [0.1, 0.15) is 60.8 Å². The third-order valence-electron chi connectivity index (χ3n) is 4.90. The summed E-state index contributed by atoms with van der Waals surface area (Å²) in [4.78, 5) is 60.4. The molecule has 4 unspecified atom stereocenters. The van der Waals surface area contributed by atoms with Gasteiger partial charge in [-0.3, -0.25) is 19.2 Å². The highest BCUT2D eigenvalue weighted by Gasteiger charge is 2.32. The second kappa shape index (κ2) is 13.7. The van der Waals surface area contributed by atoms with Crippen LogP contribution >= 0.6 is 0 Å². The van der Waals surface area contributed by atoms with Crippen LogP contribution in [0.25, 0.3) is 0 Å². The van der Waals surface area contributed by atoms with Crippen LogP contribution in [0.3, 0.4) is 0 Å². The summed E-state index contributed by atoms with van der Waals surface area (Å²) in [6.07, 6.45) is -0.0615. The van der Waals surface area contributed by atoms with Gasteiger partial charge < -0.3 is 32.5 Å². The summed E-state index contributed by atoms with van der Waals surface area (Å²) in [6.45, 7) is 10.7. The summed E-state index contributed by atoms with van der Waals surface area (Å²) in [7, 11) is 0. The molecular weight excluding hydrogens is 418 g/mol. The van der Waals surface area contributed by atoms with E-state index in [4.69, 9.17) is 11.5 Å². The molecule has 0 aliphatic carbocycles. The molecule has 4 amide bonds. The van der Waals surface area contributed by atoms with Crippen LogP contribution in [0.2, 0.25) is 0 Å². The van der Waals surface area contributed by atoms with Gasteiger partial charge in [0.15, 0.2) is 0 Å². The number of hydrogen-bond acceptors (Lipinski definition) is 6. The lowest BCUT2D eigenvalue weighted by Crippen LogP contribution is -2.59. The number of hydrogen-bond donors (Lipinski definition) is 6. The van der Waals surface area contributed by atoms with Gasteiger partial charge >= 0.3 is 5.97 Å². The quantitative estimate of drug-likeness (QED) is 0.202. The number of nitrogens with two attached hydrogens (primary N) is 2. The van der Waals surface area contributed by atoms with Crippen molar-refractivity contribution in [2.24, 2.45) is 29.2 Å². The molecule has 0 aromatic heterocycles. The van der Waals surface area contributed by atoms with E-state index in [1.807, 2.05) is 13.8 Å². The number of amides is 4. The largest absolute Gasteiger partial charge is 0.480 e. The van der Waals surface area contributed by atoms with E-state index >= 15 is 0 Å². The maximum atomic E-state index is 12.9. The van der Waals surface area contributed by atoms with Crippen molar-refractivity contribution in [3.05, 3.63) is 0 Å². The summed E-state index contributed by atoms with van der Waals surface area (Å²) in [5.41, 5.74) is 10.9. The van der Waals surface area contributed by atoms with E-state index in [0.717, 1.165) is 0 Å². The summed E-state index contributed by atoms with van der Waals surface area (Å²) < 4.78 is 0. The second-order valence-electron chi connectivity index (χ2n) is 9.10. The molecule has 0 fully saturated rings. The predicted molar refractivity (Wildman–Crippen MR) is 119 cm³/mol. The van der Waals surface area contributed by atoms with Crippen molar-refractivity contribution in [1.82, 2.24) is 16.0 Å². The fourth-order valence-corrected chi connectivity index (χ4v) is 2.87. The maximum Gasteiger partial charge on any atom is 0.326 e. The van der Waals surface area contributed by atoms with E-state index < -0.39 is 53.8 Å². The van der Waals surface area contributed by atoms with Gasteiger partial charge in [-0.1, -0.05) is 41.5 Å². The monoisotopic (exact) mass is 457 g/mol. The van der Waals surface area contributed by atoms with Crippen LogP contribution in [0.4, 0.5) is 0 Å². The fourth-order valence-electron chi connectivity index (χ4n) is 2.87. The van der Waals surface area contributed by atoms with Crippen LogP contribution < -0.4 is 27.4 Å². The van der Waals surface area contributed by atoms with E-state index in [9.17, 15) is 29.1 Å². The predicted octanol–water partition coefficient (Wildman–Crippen LogP) is -0.524. The van der Waals surface area contributed by atoms with Crippen LogP contribution in [0.5, 0.6) is 0 Å². The Morgan fingerprint density at radius 2 is 1.31 bits per heavy atom. The minimum Gasteiger partial charge on any atom is -0.480 e. The Labute approximate surface area is 189 Å². The molecular formula is C21H39N5O6. The molecule has 0 aromatic carbocycles. The minimum absolute atomic E-state index is 0.0674. The number of carboxylic acids is 1. The highest BCUT2D eigenvalue weighted by Crippen LogP contribution is 2.10. The van der Waals surface area contributed by atoms with Gasteiger partial charge in [0, 0.05) is 6.42 Å². The molecule has 0 spiro atoms. The van der Waals surface area contributed by atoms with Crippen molar-refractivity contribution in [1.29, 1.82) is 0 Å². The molecule has 0 bridgehead atoms. The average Bonchev–Trinajstić information content (AvgIpc) is 2.66. The first-order chi connectivity index (χ1) is 14.7. The SMILES string of the molecule is CC(C)CC(NC(=O)C(N)C(C)C)C(=O)NC(C(=O)NC(CCC(N)=O)C(=O)O)C(C)C. The third kappa shape index (κ3) is 10.6. The lowest BCUT2D eigenvalue weighted by atomic mass is 9.98. The lowest BCUT2D eigenvalue weighted by molar-refractivity contribution is -0.143. The Morgan fingerprint density at radius 3 is 1.72 bits per heavy atom. The number of carbonyl (C=O) groups excluding carboxylic acids is 4. The lowest BCUT2D eigenvalue weighted by Gasteiger charge is -2.28.